The number of anilines is 2. The number of benzene rings is 2. The minimum absolute atomic E-state index is 0.00790. The summed E-state index contributed by atoms with van der Waals surface area (Å²) in [5.74, 6) is -1.09. The number of alkyl halides is 1. The van der Waals surface area contributed by atoms with E-state index in [-0.39, 0.29) is 30.0 Å². The minimum atomic E-state index is -1.24. The van der Waals surface area contributed by atoms with Crippen LogP contribution >= 0.6 is 0 Å². The minimum Gasteiger partial charge on any atom is -0.346 e. The largest absolute Gasteiger partial charge is 0.346 e. The Kier molecular flexibility index (Phi) is 4.73. The summed E-state index contributed by atoms with van der Waals surface area (Å²) >= 11 is 0. The first-order valence-corrected chi connectivity index (χ1v) is 13.1. The molecule has 1 spiro atoms. The van der Waals surface area contributed by atoms with E-state index in [1.807, 2.05) is 12.1 Å². The number of carbonyl (C=O) groups excluding carboxylic acids is 1. The predicted octanol–water partition coefficient (Wildman–Crippen LogP) is 3.75. The SMILES string of the molecule is O=C(c1cnn2ccc(N3C[C@@H](F)C[C@@H]3c3cc(F)ccc3F)nc12)N1c2ccc(cc2)C23CC(CN1C2)N3. The second kappa shape index (κ2) is 8.03. The molecule has 8 nitrogen and oxygen atoms in total. The summed E-state index contributed by atoms with van der Waals surface area (Å²) in [6.07, 6.45) is 2.94. The normalized spacial score (nSPS) is 28.9. The van der Waals surface area contributed by atoms with Gasteiger partial charge in [-0.1, -0.05) is 12.1 Å². The molecule has 4 saturated heterocycles. The Morgan fingerprint density at radius 1 is 1.08 bits per heavy atom. The topological polar surface area (TPSA) is 69.0 Å². The number of amides is 1. The zero-order valence-electron chi connectivity index (χ0n) is 20.8. The summed E-state index contributed by atoms with van der Waals surface area (Å²) in [6, 6.07) is 12.5. The highest BCUT2D eigenvalue weighted by atomic mass is 19.1. The van der Waals surface area contributed by atoms with E-state index in [9.17, 15) is 18.0 Å². The van der Waals surface area contributed by atoms with Crippen molar-refractivity contribution >= 4 is 23.1 Å². The molecular weight excluding hydrogens is 507 g/mol. The molecule has 11 heteroatoms. The molecule has 1 amide bonds. The van der Waals surface area contributed by atoms with Crippen LogP contribution in [0.5, 0.6) is 0 Å². The fraction of sp³-hybridized carbons (Fsp3) is 0.321. The molecule has 3 unspecified atom stereocenters. The summed E-state index contributed by atoms with van der Waals surface area (Å²) in [5.41, 5.74) is 2.52. The van der Waals surface area contributed by atoms with Gasteiger partial charge in [-0.2, -0.15) is 5.10 Å². The van der Waals surface area contributed by atoms with Crippen LogP contribution in [-0.4, -0.2) is 57.4 Å². The Morgan fingerprint density at radius 3 is 2.72 bits per heavy atom. The number of hydrazine groups is 1. The lowest BCUT2D eigenvalue weighted by Gasteiger charge is -2.60. The van der Waals surface area contributed by atoms with Crippen molar-refractivity contribution in [3.63, 3.8) is 0 Å². The highest BCUT2D eigenvalue weighted by molar-refractivity contribution is 6.09. The van der Waals surface area contributed by atoms with E-state index in [2.05, 4.69) is 27.6 Å². The van der Waals surface area contributed by atoms with Gasteiger partial charge in [0.2, 0.25) is 0 Å². The molecule has 1 N–H and O–H groups in total. The van der Waals surface area contributed by atoms with Crippen molar-refractivity contribution in [1.82, 2.24) is 24.9 Å². The van der Waals surface area contributed by atoms with Crippen LogP contribution in [0.2, 0.25) is 0 Å². The lowest BCUT2D eigenvalue weighted by Crippen LogP contribution is -2.76. The van der Waals surface area contributed by atoms with E-state index < -0.39 is 23.8 Å². The van der Waals surface area contributed by atoms with Gasteiger partial charge in [-0.15, -0.1) is 0 Å². The Morgan fingerprint density at radius 2 is 1.90 bits per heavy atom. The zero-order chi connectivity index (χ0) is 26.5. The molecule has 5 atom stereocenters. The summed E-state index contributed by atoms with van der Waals surface area (Å²) in [6.45, 7) is 1.35. The first-order valence-electron chi connectivity index (χ1n) is 13.1. The number of hydrogen-bond donors (Lipinski definition) is 1. The van der Waals surface area contributed by atoms with Gasteiger partial charge in [0, 0.05) is 37.3 Å². The monoisotopic (exact) mass is 531 g/mol. The smallest absolute Gasteiger partial charge is 0.278 e. The fourth-order valence-corrected chi connectivity index (χ4v) is 6.80. The number of aromatic nitrogens is 3. The number of hydrogen-bond acceptors (Lipinski definition) is 6. The van der Waals surface area contributed by atoms with E-state index in [1.54, 1.807) is 22.2 Å². The average molecular weight is 532 g/mol. The molecule has 4 aromatic rings. The van der Waals surface area contributed by atoms with E-state index in [1.165, 1.54) is 16.3 Å². The third kappa shape index (κ3) is 3.36. The van der Waals surface area contributed by atoms with Gasteiger partial charge in [-0.3, -0.25) is 4.79 Å². The van der Waals surface area contributed by atoms with Crippen LogP contribution in [-0.2, 0) is 5.54 Å². The first-order chi connectivity index (χ1) is 18.9. The number of piperazine rings is 1. The van der Waals surface area contributed by atoms with Crippen LogP contribution in [0, 0.1) is 11.6 Å². The molecule has 2 aromatic heterocycles. The second-order valence-corrected chi connectivity index (χ2v) is 10.9. The third-order valence-corrected chi connectivity index (χ3v) is 8.54. The predicted molar refractivity (Wildman–Crippen MR) is 137 cm³/mol. The summed E-state index contributed by atoms with van der Waals surface area (Å²) < 4.78 is 44.8. The van der Waals surface area contributed by atoms with Crippen LogP contribution in [0.1, 0.15) is 40.4 Å². The molecule has 6 aliphatic heterocycles. The first kappa shape index (κ1) is 23.0. The van der Waals surface area contributed by atoms with Gasteiger partial charge in [-0.25, -0.2) is 32.7 Å². The molecule has 5 bridgehead atoms. The van der Waals surface area contributed by atoms with E-state index in [0.29, 0.717) is 36.2 Å². The molecule has 10 rings (SSSR count). The van der Waals surface area contributed by atoms with Crippen molar-refractivity contribution in [2.24, 2.45) is 0 Å². The lowest BCUT2D eigenvalue weighted by atomic mass is 9.72. The highest BCUT2D eigenvalue weighted by Crippen LogP contribution is 2.44. The van der Waals surface area contributed by atoms with Crippen LogP contribution in [0.4, 0.5) is 24.7 Å². The van der Waals surface area contributed by atoms with Gasteiger partial charge in [0.1, 0.15) is 29.2 Å². The Bertz CT molecular complexity index is 1630. The van der Waals surface area contributed by atoms with Crippen molar-refractivity contribution < 1.29 is 18.0 Å². The van der Waals surface area contributed by atoms with Gasteiger partial charge in [-0.05, 0) is 48.4 Å². The molecular formula is C28H24F3N7O. The maximum absolute atomic E-state index is 14.7. The standard InChI is InChI=1S/C28H24F3N7O/c29-17-3-6-23(31)21(9-17)24-10-18(30)13-36(24)25-7-8-37-26(33-25)22(12-32-37)27(39)38-20-4-1-16(2-5-20)28-11-19(34-28)14-35(38)15-28/h1-9,12,18-19,24,34H,10-11,13-15H2/t18-,19?,24+,28?/m0/s1. The van der Waals surface area contributed by atoms with Crippen molar-refractivity contribution in [3.8, 4) is 0 Å². The van der Waals surface area contributed by atoms with Crippen LogP contribution in [0.15, 0.2) is 60.9 Å². The molecule has 4 fully saturated rings. The maximum atomic E-state index is 14.7. The van der Waals surface area contributed by atoms with Crippen LogP contribution in [0.3, 0.4) is 0 Å². The molecule has 39 heavy (non-hydrogen) atoms. The number of nitrogens with zero attached hydrogens (tertiary/aromatic N) is 6. The lowest BCUT2D eigenvalue weighted by molar-refractivity contribution is -0.00821. The highest BCUT2D eigenvalue weighted by Gasteiger charge is 2.53. The molecule has 198 valence electrons. The fourth-order valence-electron chi connectivity index (χ4n) is 6.80. The molecule has 0 aliphatic carbocycles. The van der Waals surface area contributed by atoms with Crippen LogP contribution in [0.25, 0.3) is 5.65 Å². The maximum Gasteiger partial charge on any atom is 0.278 e. The quantitative estimate of drug-likeness (QED) is 0.435. The molecule has 8 heterocycles. The van der Waals surface area contributed by atoms with Gasteiger partial charge in [0.05, 0.1) is 30.0 Å². The Hall–Kier alpha value is -3.96. The average Bonchev–Trinajstić information content (AvgIpc) is 3.52. The third-order valence-electron chi connectivity index (χ3n) is 8.54. The number of piperidine rings is 1. The summed E-state index contributed by atoms with van der Waals surface area (Å²) in [5, 5.41) is 11.8. The van der Waals surface area contributed by atoms with Gasteiger partial charge < -0.3 is 10.2 Å². The van der Waals surface area contributed by atoms with E-state index in [0.717, 1.165) is 30.3 Å². The molecule has 0 saturated carbocycles. The number of carbonyl (C=O) groups is 1. The Balaban J connectivity index is 1.18. The number of fused-ring (bicyclic) bond motifs is 3. The number of nitrogens with one attached hydrogen (secondary N) is 1. The second-order valence-electron chi connectivity index (χ2n) is 10.9. The zero-order valence-corrected chi connectivity index (χ0v) is 20.8. The summed E-state index contributed by atoms with van der Waals surface area (Å²) in [4.78, 5) is 20.5. The van der Waals surface area contributed by atoms with Crippen molar-refractivity contribution in [2.75, 3.05) is 29.5 Å². The molecule has 6 aliphatic rings. The van der Waals surface area contributed by atoms with Crippen molar-refractivity contribution in [1.29, 1.82) is 0 Å². The molecule has 2 aromatic carbocycles. The van der Waals surface area contributed by atoms with Crippen molar-refractivity contribution in [3.05, 3.63) is 89.2 Å². The number of halogens is 3. The Labute approximate surface area is 221 Å². The van der Waals surface area contributed by atoms with Crippen LogP contribution < -0.4 is 15.2 Å². The van der Waals surface area contributed by atoms with Gasteiger partial charge in [0.15, 0.2) is 5.65 Å². The summed E-state index contributed by atoms with van der Waals surface area (Å²) in [7, 11) is 0. The van der Waals surface area contributed by atoms with Gasteiger partial charge in [0.25, 0.3) is 5.91 Å². The number of rotatable bonds is 3. The van der Waals surface area contributed by atoms with Gasteiger partial charge >= 0.3 is 0 Å². The van der Waals surface area contributed by atoms with E-state index >= 15 is 0 Å². The van der Waals surface area contributed by atoms with Crippen molar-refractivity contribution in [2.45, 2.75) is 36.6 Å². The van der Waals surface area contributed by atoms with E-state index in [4.69, 9.17) is 4.98 Å². The molecule has 0 radical (unpaired) electrons.